The Bertz CT molecular complexity index is 3460. The summed E-state index contributed by atoms with van der Waals surface area (Å²) >= 11 is 0. The van der Waals surface area contributed by atoms with Crippen molar-refractivity contribution < 1.29 is 203 Å². The maximum Gasteiger partial charge on any atom is 0.364 e. The first-order chi connectivity index (χ1) is 66.1. The lowest BCUT2D eigenvalue weighted by atomic mass is 9.88. The van der Waals surface area contributed by atoms with Crippen LogP contribution in [0.25, 0.3) is 0 Å². The van der Waals surface area contributed by atoms with Gasteiger partial charge < -0.3 is 200 Å². The van der Waals surface area contributed by atoms with Crippen molar-refractivity contribution in [1.82, 2.24) is 21.3 Å². The molecule has 7 heterocycles. The van der Waals surface area contributed by atoms with Crippen LogP contribution in [0.2, 0.25) is 0 Å². The number of hydrogen-bond donors (Lipinski definition) is 26. The number of aliphatic hydroxyl groups is 21. The molecule has 0 spiro atoms. The number of aliphatic hydroxyl groups excluding tert-OH is 21. The van der Waals surface area contributed by atoms with Gasteiger partial charge >= 0.3 is 5.97 Å². The molecule has 0 aromatic heterocycles. The Kier molecular flexibility index (Phi) is 55.0. The molecule has 14 unspecified atom stereocenters. The summed E-state index contributed by atoms with van der Waals surface area (Å²) in [5.41, 5.74) is 0. The SMILES string of the molecule is CCCCCCCC/C=C\CCCCCCCCCCCCCC(=O)N[C@@H](CO[C@@H]1OC(CO)[C@@H](O[C@@H]2OC(CO[C@@H]3OC(CO)[C@@H](O[C@@H]4OC(CO)[C@H](O[C@@H]5OC(CO)[C@H](O)[C@H](O)C5NC(C)=O)[C@H](O[C@]5(C(=O)O)CC(O)[C@@H](NC(C)=O)C([C@H](O)[C@H](O)CO)O5)C4O)[C@H](O)C3NC(C)=O)[C@H](O)[C@H](O[C@H]3OC(CO)[C@H](O)[C@H](O)C3O)C2O)[C@H](O)C1O)[C@H](O)/C=C/CCCCCCCCCCCCC. The number of nitrogens with one attached hydrogen (secondary N) is 4. The number of allylic oxidation sites excluding steroid dienone is 3. The summed E-state index contributed by atoms with van der Waals surface area (Å²) in [6, 6.07) is -6.75. The third-order valence-electron chi connectivity index (χ3n) is 26.4. The van der Waals surface area contributed by atoms with Crippen molar-refractivity contribution >= 4 is 29.6 Å². The number of amides is 4. The minimum Gasteiger partial charge on any atom is -0.477 e. The van der Waals surface area contributed by atoms with Crippen LogP contribution in [0, 0.1) is 0 Å². The molecule has 7 saturated heterocycles. The molecule has 26 N–H and O–H groups in total. The van der Waals surface area contributed by atoms with Gasteiger partial charge in [-0.15, -0.1) is 0 Å². The zero-order valence-corrected chi connectivity index (χ0v) is 80.3. The third kappa shape index (κ3) is 36.2. The van der Waals surface area contributed by atoms with Crippen LogP contribution in [0.1, 0.15) is 247 Å². The molecule has 45 heteroatoms. The molecule has 802 valence electrons. The third-order valence-corrected chi connectivity index (χ3v) is 26.4. The molecular formula is C93H164N4O41. The lowest BCUT2D eigenvalue weighted by Crippen LogP contribution is -2.72. The second-order valence-corrected chi connectivity index (χ2v) is 37.4. The fraction of sp³-hybridized carbons (Fsp3) is 0.903. The van der Waals surface area contributed by atoms with Gasteiger partial charge in [0.2, 0.25) is 23.6 Å². The van der Waals surface area contributed by atoms with Gasteiger partial charge in [-0.2, -0.15) is 0 Å². The van der Waals surface area contributed by atoms with E-state index in [1.807, 2.05) is 6.08 Å². The lowest BCUT2D eigenvalue weighted by Gasteiger charge is -2.52. The van der Waals surface area contributed by atoms with E-state index in [-0.39, 0.29) is 6.42 Å². The minimum atomic E-state index is -3.42. The summed E-state index contributed by atoms with van der Waals surface area (Å²) in [6.45, 7) is -1.14. The zero-order chi connectivity index (χ0) is 101. The van der Waals surface area contributed by atoms with E-state index in [4.69, 9.17) is 66.3 Å². The van der Waals surface area contributed by atoms with E-state index in [0.717, 1.165) is 97.8 Å². The van der Waals surface area contributed by atoms with Crippen LogP contribution in [0.5, 0.6) is 0 Å². The molecule has 45 nitrogen and oxygen atoms in total. The van der Waals surface area contributed by atoms with Gasteiger partial charge in [-0.3, -0.25) is 19.2 Å². The van der Waals surface area contributed by atoms with Gasteiger partial charge in [-0.25, -0.2) is 4.79 Å². The fourth-order valence-corrected chi connectivity index (χ4v) is 18.3. The first kappa shape index (κ1) is 120. The smallest absolute Gasteiger partial charge is 0.364 e. The average Bonchev–Trinajstić information content (AvgIpc) is 0.741. The molecular weight excluding hydrogens is 1830 g/mol. The number of ether oxygens (including phenoxy) is 14. The number of carboxylic acid groups (broad SMARTS) is 1. The number of carbonyl (C=O) groups excluding carboxylic acids is 4. The van der Waals surface area contributed by atoms with Gasteiger partial charge in [0, 0.05) is 33.6 Å². The summed E-state index contributed by atoms with van der Waals surface area (Å²) in [6.07, 6.45) is -27.9. The predicted octanol–water partition coefficient (Wildman–Crippen LogP) is -3.13. The Balaban J connectivity index is 1.08. The highest BCUT2D eigenvalue weighted by Gasteiger charge is 2.63. The first-order valence-corrected chi connectivity index (χ1v) is 49.7. The van der Waals surface area contributed by atoms with Crippen molar-refractivity contribution in [1.29, 1.82) is 0 Å². The molecule has 0 radical (unpaired) electrons. The monoisotopic (exact) mass is 1990 g/mol. The molecule has 7 aliphatic rings. The van der Waals surface area contributed by atoms with Gasteiger partial charge in [0.15, 0.2) is 37.7 Å². The Morgan fingerprint density at radius 1 is 0.384 bits per heavy atom. The van der Waals surface area contributed by atoms with Gasteiger partial charge in [0.25, 0.3) is 5.79 Å². The van der Waals surface area contributed by atoms with Crippen molar-refractivity contribution in [3.63, 3.8) is 0 Å². The minimum absolute atomic E-state index is 0.116. The van der Waals surface area contributed by atoms with E-state index >= 15 is 0 Å². The molecule has 138 heavy (non-hydrogen) atoms. The van der Waals surface area contributed by atoms with Crippen LogP contribution in [0.15, 0.2) is 24.3 Å². The van der Waals surface area contributed by atoms with Crippen molar-refractivity contribution in [3.8, 4) is 0 Å². The zero-order valence-electron chi connectivity index (χ0n) is 80.3. The van der Waals surface area contributed by atoms with Crippen molar-refractivity contribution in [2.24, 2.45) is 0 Å². The summed E-state index contributed by atoms with van der Waals surface area (Å²) in [7, 11) is 0. The molecule has 4 amide bonds. The second kappa shape index (κ2) is 63.1. The molecule has 38 atom stereocenters. The van der Waals surface area contributed by atoms with E-state index in [0.29, 0.717) is 12.8 Å². The molecule has 0 bridgehead atoms. The first-order valence-electron chi connectivity index (χ1n) is 49.7. The standard InChI is InChI=1S/C93H164N4O41/c1-6-8-10-12-14-16-18-20-21-22-23-24-25-26-27-29-31-33-35-37-39-41-64(110)97-54(55(107)40-38-36-34-32-30-28-19-17-15-13-11-9-7-2)49-125-88-77(120)75(118)81(61(47-102)130-88)134-90-78(121)84(136-89-76(119)74(117)70(113)59(45-100)128-89)71(114)63(132-90)50-126-86-67(96-53(5)106)73(116)80(60(46-101)129-86)133-91-79(122)85(82(62(48-103)131-91)135-87-66(95-52(4)105)72(115)69(112)58(44-99)127-87)138-93(92(123)124)42-56(108)65(94-51(3)104)83(137-93)68(111)57(109)43-98/h20-21,38,40,54-63,65-91,98-103,107-109,111-122H,6-19,22-37,39,41-50H2,1-5H3,(H,94,104)(H,95,105)(H,96,106)(H,97,110)(H,123,124)/b21-20-,40-38+/t54-,55+,56?,57+,58?,59?,60?,61?,62?,63?,65+,66?,67?,68+,69-,70-,71-,72+,73+,74-,75+,76?,77?,78?,79?,80+,81+,82-,83?,84-,85+,86+,87-,88+,89+,90-,91-,93-/m0/s1. The second-order valence-electron chi connectivity index (χ2n) is 37.4. The van der Waals surface area contributed by atoms with Crippen LogP contribution >= 0.6 is 0 Å². The number of aliphatic carboxylic acids is 1. The summed E-state index contributed by atoms with van der Waals surface area (Å²) < 4.78 is 84.4. The van der Waals surface area contributed by atoms with Crippen LogP contribution in [0.3, 0.4) is 0 Å². The summed E-state index contributed by atoms with van der Waals surface area (Å²) in [4.78, 5) is 66.0. The Morgan fingerprint density at radius 3 is 1.27 bits per heavy atom. The van der Waals surface area contributed by atoms with Gasteiger partial charge in [0.05, 0.1) is 77.1 Å². The van der Waals surface area contributed by atoms with Crippen LogP contribution in [0.4, 0.5) is 0 Å². The van der Waals surface area contributed by atoms with Crippen molar-refractivity contribution in [3.05, 3.63) is 24.3 Å². The highest BCUT2D eigenvalue weighted by atomic mass is 16.8. The summed E-state index contributed by atoms with van der Waals surface area (Å²) in [5.74, 6) is -8.76. The largest absolute Gasteiger partial charge is 0.477 e. The molecule has 7 rings (SSSR count). The Hall–Kier alpha value is -4.57. The Labute approximate surface area is 806 Å². The van der Waals surface area contributed by atoms with E-state index in [1.54, 1.807) is 0 Å². The number of carbonyl (C=O) groups is 5. The normalized spacial score (nSPS) is 36.3. The van der Waals surface area contributed by atoms with Crippen molar-refractivity contribution in [2.45, 2.75) is 479 Å². The predicted molar refractivity (Wildman–Crippen MR) is 483 cm³/mol. The Morgan fingerprint density at radius 2 is 0.775 bits per heavy atom. The maximum absolute atomic E-state index is 13.8. The quantitative estimate of drug-likeness (QED) is 0.0211. The molecule has 7 aliphatic heterocycles. The molecule has 0 saturated carbocycles. The number of rotatable bonds is 64. The highest BCUT2D eigenvalue weighted by Crippen LogP contribution is 2.42. The molecule has 0 aromatic carbocycles. The van der Waals surface area contributed by atoms with E-state index in [2.05, 4.69) is 47.3 Å². The van der Waals surface area contributed by atoms with Crippen LogP contribution in [-0.2, 0) is 90.3 Å². The van der Waals surface area contributed by atoms with E-state index in [9.17, 15) is 136 Å². The van der Waals surface area contributed by atoms with E-state index < -0.39 is 321 Å². The van der Waals surface area contributed by atoms with Gasteiger partial charge in [-0.1, -0.05) is 192 Å². The van der Waals surface area contributed by atoms with Gasteiger partial charge in [-0.05, 0) is 44.9 Å². The number of carboxylic acids is 1. The number of hydrogen-bond acceptors (Lipinski definition) is 40. The molecule has 0 aromatic rings. The maximum atomic E-state index is 13.8. The van der Waals surface area contributed by atoms with E-state index in [1.165, 1.54) is 115 Å². The number of unbranched alkanes of at least 4 members (excludes halogenated alkanes) is 28. The van der Waals surface area contributed by atoms with Crippen LogP contribution < -0.4 is 21.3 Å². The molecule has 7 fully saturated rings. The summed E-state index contributed by atoms with van der Waals surface area (Å²) in [5, 5.41) is 259. The topological polar surface area (TPSA) is 708 Å². The van der Waals surface area contributed by atoms with Gasteiger partial charge in [0.1, 0.15) is 165 Å². The fourth-order valence-electron chi connectivity index (χ4n) is 18.3. The average molecular weight is 1990 g/mol. The van der Waals surface area contributed by atoms with Crippen molar-refractivity contribution in [2.75, 3.05) is 52.9 Å². The van der Waals surface area contributed by atoms with Crippen LogP contribution in [-0.4, -0.2) is 427 Å². The lowest BCUT2D eigenvalue weighted by molar-refractivity contribution is -0.399. The molecule has 0 aliphatic carbocycles. The highest BCUT2D eigenvalue weighted by molar-refractivity contribution is 5.77.